The summed E-state index contributed by atoms with van der Waals surface area (Å²) in [7, 11) is 0. The number of amides is 2. The topological polar surface area (TPSA) is 70.2 Å². The number of hydrogen-bond acceptors (Lipinski definition) is 3. The lowest BCUT2D eigenvalue weighted by atomic mass is 10.1. The van der Waals surface area contributed by atoms with Crippen molar-refractivity contribution >= 4 is 34.8 Å². The van der Waals surface area contributed by atoms with E-state index in [1.54, 1.807) is 12.1 Å². The van der Waals surface area contributed by atoms with Gasteiger partial charge in [-0.15, -0.1) is 0 Å². The number of rotatable bonds is 3. The Labute approximate surface area is 123 Å². The second-order valence-corrected chi connectivity index (χ2v) is 6.27. The summed E-state index contributed by atoms with van der Waals surface area (Å²) in [5, 5.41) is 8.98. The monoisotopic (exact) mass is 295 g/mol. The molecule has 0 saturated carbocycles. The van der Waals surface area contributed by atoms with E-state index in [-0.39, 0.29) is 23.9 Å². The highest BCUT2D eigenvalue weighted by molar-refractivity contribution is 6.34. The molecule has 2 rings (SSSR count). The number of halogens is 1. The van der Waals surface area contributed by atoms with Crippen LogP contribution in [0.4, 0.5) is 11.4 Å². The lowest BCUT2D eigenvalue weighted by Crippen LogP contribution is -2.41. The van der Waals surface area contributed by atoms with Crippen LogP contribution in [0.5, 0.6) is 0 Å². The summed E-state index contributed by atoms with van der Waals surface area (Å²) < 4.78 is 0. The molecule has 2 amide bonds. The summed E-state index contributed by atoms with van der Waals surface area (Å²) in [6.45, 7) is 6.16. The van der Waals surface area contributed by atoms with Crippen LogP contribution in [0.15, 0.2) is 12.1 Å². The third-order valence-electron chi connectivity index (χ3n) is 2.87. The fourth-order valence-corrected chi connectivity index (χ4v) is 2.09. The van der Waals surface area contributed by atoms with E-state index < -0.39 is 0 Å². The highest BCUT2D eigenvalue weighted by atomic mass is 35.5. The van der Waals surface area contributed by atoms with Crippen molar-refractivity contribution in [3.63, 3.8) is 0 Å². The van der Waals surface area contributed by atoms with E-state index in [4.69, 9.17) is 11.6 Å². The molecule has 108 valence electrons. The largest absolute Gasteiger partial charge is 0.325 e. The number of benzene rings is 1. The predicted molar refractivity (Wildman–Crippen MR) is 80.2 cm³/mol. The van der Waals surface area contributed by atoms with Crippen molar-refractivity contribution in [2.45, 2.75) is 32.7 Å². The fraction of sp³-hybridized carbons (Fsp3) is 0.429. The second-order valence-electron chi connectivity index (χ2n) is 5.87. The van der Waals surface area contributed by atoms with Crippen LogP contribution in [-0.2, 0) is 16.0 Å². The Kier molecular flexibility index (Phi) is 4.01. The molecular weight excluding hydrogens is 278 g/mol. The number of nitrogens with one attached hydrogen (secondary N) is 3. The van der Waals surface area contributed by atoms with Gasteiger partial charge >= 0.3 is 0 Å². The summed E-state index contributed by atoms with van der Waals surface area (Å²) in [5.41, 5.74) is 1.96. The lowest BCUT2D eigenvalue weighted by molar-refractivity contribution is -0.116. The lowest BCUT2D eigenvalue weighted by Gasteiger charge is -2.20. The summed E-state index contributed by atoms with van der Waals surface area (Å²) in [4.78, 5) is 23.2. The van der Waals surface area contributed by atoms with Gasteiger partial charge in [-0.05, 0) is 38.5 Å². The van der Waals surface area contributed by atoms with Gasteiger partial charge in [0.1, 0.15) is 0 Å². The maximum atomic E-state index is 11.9. The van der Waals surface area contributed by atoms with Crippen molar-refractivity contribution < 1.29 is 9.59 Å². The van der Waals surface area contributed by atoms with Gasteiger partial charge in [-0.3, -0.25) is 9.59 Å². The van der Waals surface area contributed by atoms with E-state index in [1.165, 1.54) is 0 Å². The standard InChI is InChI=1S/C14H18ClN3O2/c1-14(2,3)16-7-13(20)18-11-4-8-5-12(19)17-10(8)6-9(11)15/h4,6,16H,5,7H2,1-3H3,(H,17,19)(H,18,20). The molecule has 0 atom stereocenters. The van der Waals surface area contributed by atoms with Gasteiger partial charge in [0.2, 0.25) is 11.8 Å². The Bertz CT molecular complexity index is 564. The minimum Gasteiger partial charge on any atom is -0.325 e. The smallest absolute Gasteiger partial charge is 0.238 e. The van der Waals surface area contributed by atoms with Crippen molar-refractivity contribution in [2.24, 2.45) is 0 Å². The van der Waals surface area contributed by atoms with Gasteiger partial charge in [0, 0.05) is 11.2 Å². The van der Waals surface area contributed by atoms with Gasteiger partial charge in [0.25, 0.3) is 0 Å². The molecule has 0 bridgehead atoms. The van der Waals surface area contributed by atoms with Gasteiger partial charge < -0.3 is 16.0 Å². The first-order valence-corrected chi connectivity index (χ1v) is 6.79. The van der Waals surface area contributed by atoms with Crippen molar-refractivity contribution in [1.82, 2.24) is 5.32 Å². The quantitative estimate of drug-likeness (QED) is 0.800. The maximum absolute atomic E-state index is 11.9. The molecule has 6 heteroatoms. The van der Waals surface area contributed by atoms with Gasteiger partial charge in [0.05, 0.1) is 23.7 Å². The molecule has 0 aliphatic carbocycles. The van der Waals surface area contributed by atoms with Crippen LogP contribution in [0.2, 0.25) is 5.02 Å². The van der Waals surface area contributed by atoms with Crippen molar-refractivity contribution in [1.29, 1.82) is 0 Å². The molecule has 0 radical (unpaired) electrons. The van der Waals surface area contributed by atoms with Crippen LogP contribution in [0.3, 0.4) is 0 Å². The first-order valence-electron chi connectivity index (χ1n) is 6.42. The van der Waals surface area contributed by atoms with Crippen LogP contribution >= 0.6 is 11.6 Å². The third-order valence-corrected chi connectivity index (χ3v) is 3.18. The average Bonchev–Trinajstić information content (AvgIpc) is 2.65. The molecule has 0 aromatic heterocycles. The molecule has 0 saturated heterocycles. The van der Waals surface area contributed by atoms with E-state index in [2.05, 4.69) is 16.0 Å². The van der Waals surface area contributed by atoms with E-state index in [0.29, 0.717) is 22.8 Å². The summed E-state index contributed by atoms with van der Waals surface area (Å²) in [6.07, 6.45) is 0.315. The number of carbonyl (C=O) groups is 2. The van der Waals surface area contributed by atoms with E-state index in [1.807, 2.05) is 20.8 Å². The highest BCUT2D eigenvalue weighted by Crippen LogP contribution is 2.32. The second kappa shape index (κ2) is 5.42. The van der Waals surface area contributed by atoms with Crippen molar-refractivity contribution in [3.05, 3.63) is 22.7 Å². The van der Waals surface area contributed by atoms with Crippen LogP contribution < -0.4 is 16.0 Å². The molecule has 0 spiro atoms. The average molecular weight is 296 g/mol. The number of hydrogen-bond donors (Lipinski definition) is 3. The molecule has 1 aromatic carbocycles. The highest BCUT2D eigenvalue weighted by Gasteiger charge is 2.20. The fourth-order valence-electron chi connectivity index (χ4n) is 1.88. The number of carbonyl (C=O) groups excluding carboxylic acids is 2. The zero-order valence-electron chi connectivity index (χ0n) is 11.8. The van der Waals surface area contributed by atoms with Crippen LogP contribution in [-0.4, -0.2) is 23.9 Å². The summed E-state index contributed by atoms with van der Waals surface area (Å²) in [6, 6.07) is 3.40. The normalized spacial score (nSPS) is 13.9. The molecule has 1 heterocycles. The first-order chi connectivity index (χ1) is 9.24. The minimum absolute atomic E-state index is 0.0612. The van der Waals surface area contributed by atoms with Gasteiger partial charge in [-0.2, -0.15) is 0 Å². The van der Waals surface area contributed by atoms with E-state index in [0.717, 1.165) is 5.56 Å². The zero-order valence-corrected chi connectivity index (χ0v) is 12.5. The molecule has 1 aliphatic heterocycles. The van der Waals surface area contributed by atoms with E-state index in [9.17, 15) is 9.59 Å². The molecule has 1 aliphatic rings. The molecule has 0 fully saturated rings. The van der Waals surface area contributed by atoms with Gasteiger partial charge in [-0.25, -0.2) is 0 Å². The predicted octanol–water partition coefficient (Wildman–Crippen LogP) is 2.16. The number of anilines is 2. The van der Waals surface area contributed by atoms with Crippen molar-refractivity contribution in [3.8, 4) is 0 Å². The molecule has 0 unspecified atom stereocenters. The first kappa shape index (κ1) is 14.8. The van der Waals surface area contributed by atoms with Crippen LogP contribution in [0, 0.1) is 0 Å². The van der Waals surface area contributed by atoms with E-state index >= 15 is 0 Å². The molecule has 1 aromatic rings. The zero-order chi connectivity index (χ0) is 14.9. The molecular formula is C14H18ClN3O2. The van der Waals surface area contributed by atoms with Gasteiger partial charge in [0.15, 0.2) is 0 Å². The van der Waals surface area contributed by atoms with Gasteiger partial charge in [-0.1, -0.05) is 11.6 Å². The summed E-state index contributed by atoms with van der Waals surface area (Å²) in [5.74, 6) is -0.229. The third kappa shape index (κ3) is 3.71. The minimum atomic E-state index is -0.168. The van der Waals surface area contributed by atoms with Crippen LogP contribution in [0.25, 0.3) is 0 Å². The van der Waals surface area contributed by atoms with Crippen LogP contribution in [0.1, 0.15) is 26.3 Å². The molecule has 5 nitrogen and oxygen atoms in total. The Morgan fingerprint density at radius 3 is 2.75 bits per heavy atom. The Balaban J connectivity index is 2.05. The summed E-state index contributed by atoms with van der Waals surface area (Å²) >= 11 is 6.10. The maximum Gasteiger partial charge on any atom is 0.238 e. The Morgan fingerprint density at radius 1 is 1.40 bits per heavy atom. The number of fused-ring (bicyclic) bond motifs is 1. The Hall–Kier alpha value is -1.59. The molecule has 3 N–H and O–H groups in total. The molecule has 20 heavy (non-hydrogen) atoms. The SMILES string of the molecule is CC(C)(C)NCC(=O)Nc1cc2c(cc1Cl)NC(=O)C2. The van der Waals surface area contributed by atoms with Crippen molar-refractivity contribution in [2.75, 3.05) is 17.2 Å². The Morgan fingerprint density at radius 2 is 2.10 bits per heavy atom.